The summed E-state index contributed by atoms with van der Waals surface area (Å²) in [4.78, 5) is 81.7. The number of hydrogen-bond donors (Lipinski definition) is 6. The van der Waals surface area contributed by atoms with Crippen molar-refractivity contribution in [1.29, 1.82) is 0 Å². The fourth-order valence-corrected chi connectivity index (χ4v) is 8.48. The number of hydrogen-bond acceptors (Lipinski definition) is 13. The number of nitrogens with zero attached hydrogens (tertiary/aromatic N) is 2. The fraction of sp³-hybridized carbons (Fsp3) is 0.457. The zero-order chi connectivity index (χ0) is 46.2. The first-order valence-corrected chi connectivity index (χ1v) is 21.3. The second-order valence-electron chi connectivity index (χ2n) is 16.5. The molecule has 1 fully saturated rings. The Kier molecular flexibility index (Phi) is 15.2. The molecular formula is C46H56N6O12. The van der Waals surface area contributed by atoms with E-state index in [1.807, 2.05) is 19.9 Å². The molecule has 4 bridgehead atoms. The highest BCUT2D eigenvalue weighted by Crippen LogP contribution is 2.44. The maximum Gasteiger partial charge on any atom is 0.405 e. The molecule has 6 rings (SSSR count). The number of nitrogens with two attached hydrogens (primary N) is 1. The second-order valence-corrected chi connectivity index (χ2v) is 16.5. The predicted molar refractivity (Wildman–Crippen MR) is 235 cm³/mol. The highest BCUT2D eigenvalue weighted by atomic mass is 16.6. The molecule has 7 N–H and O–H groups in total. The Morgan fingerprint density at radius 2 is 1.86 bits per heavy atom. The van der Waals surface area contributed by atoms with Gasteiger partial charge in [-0.25, -0.2) is 4.79 Å². The summed E-state index contributed by atoms with van der Waals surface area (Å²) >= 11 is 0. The molecular weight excluding hydrogens is 829 g/mol. The number of ether oxygens (including phenoxy) is 4. The van der Waals surface area contributed by atoms with E-state index in [0.717, 1.165) is 0 Å². The number of aromatic hydroxyl groups is 2. The van der Waals surface area contributed by atoms with Gasteiger partial charge in [-0.1, -0.05) is 38.1 Å². The van der Waals surface area contributed by atoms with Crippen molar-refractivity contribution >= 4 is 58.9 Å². The van der Waals surface area contributed by atoms with Gasteiger partial charge in [-0.15, -0.1) is 0 Å². The number of carbonyl (C=O) groups excluding carboxylic acids is 6. The number of phenolic OH excluding ortho intramolecular Hbond substituents is 2. The molecule has 4 aliphatic heterocycles. The van der Waals surface area contributed by atoms with Crippen molar-refractivity contribution < 1.29 is 57.9 Å². The Morgan fingerprint density at radius 3 is 2.58 bits per heavy atom. The summed E-state index contributed by atoms with van der Waals surface area (Å²) in [5.41, 5.74) is 7.59. The number of methoxy groups -OCH3 is 2. The van der Waals surface area contributed by atoms with Crippen LogP contribution < -0.4 is 21.7 Å². The number of benzene rings is 2. The van der Waals surface area contributed by atoms with Gasteiger partial charge < -0.3 is 50.4 Å². The summed E-state index contributed by atoms with van der Waals surface area (Å²) in [6, 6.07) is 5.49. The minimum atomic E-state index is -1.02. The van der Waals surface area contributed by atoms with E-state index in [9.17, 15) is 39.0 Å². The number of aliphatic imine (C=N–C) groups is 1. The van der Waals surface area contributed by atoms with Gasteiger partial charge in [0.2, 0.25) is 17.7 Å². The van der Waals surface area contributed by atoms with Crippen molar-refractivity contribution in [3.63, 3.8) is 0 Å². The van der Waals surface area contributed by atoms with Crippen LogP contribution in [0.15, 0.2) is 64.9 Å². The fourth-order valence-electron chi connectivity index (χ4n) is 8.48. The summed E-state index contributed by atoms with van der Waals surface area (Å²) in [6.45, 7) is 5.59. The van der Waals surface area contributed by atoms with E-state index in [-0.39, 0.29) is 90.2 Å². The van der Waals surface area contributed by atoms with Crippen LogP contribution in [0, 0.1) is 11.8 Å². The molecule has 0 saturated carbocycles. The van der Waals surface area contributed by atoms with Crippen molar-refractivity contribution in [3.8, 4) is 11.5 Å². The van der Waals surface area contributed by atoms with E-state index in [4.69, 9.17) is 24.7 Å². The van der Waals surface area contributed by atoms with Crippen molar-refractivity contribution in [1.82, 2.24) is 10.2 Å². The molecule has 64 heavy (non-hydrogen) atoms. The first-order chi connectivity index (χ1) is 30.6. The van der Waals surface area contributed by atoms with Crippen LogP contribution in [0.1, 0.15) is 87.2 Å². The van der Waals surface area contributed by atoms with Crippen molar-refractivity contribution in [2.24, 2.45) is 22.6 Å². The zero-order valence-corrected chi connectivity index (χ0v) is 36.6. The van der Waals surface area contributed by atoms with Gasteiger partial charge in [0.25, 0.3) is 11.8 Å². The third kappa shape index (κ3) is 10.8. The average molecular weight is 885 g/mol. The lowest BCUT2D eigenvalue weighted by Gasteiger charge is -2.30. The predicted octanol–water partition coefficient (Wildman–Crippen LogP) is 5.20. The molecule has 0 spiro atoms. The highest BCUT2D eigenvalue weighted by molar-refractivity contribution is 6.07. The van der Waals surface area contributed by atoms with Gasteiger partial charge in [-0.05, 0) is 69.6 Å². The average Bonchev–Trinajstić information content (AvgIpc) is 3.80. The van der Waals surface area contributed by atoms with E-state index < -0.39 is 48.4 Å². The summed E-state index contributed by atoms with van der Waals surface area (Å²) in [7, 11) is 3.00. The third-order valence-electron chi connectivity index (χ3n) is 11.8. The number of carbonyl (C=O) groups is 6. The normalized spacial score (nSPS) is 25.9. The second kappa shape index (κ2) is 20.8. The maximum atomic E-state index is 13.3. The largest absolute Gasteiger partial charge is 0.506 e. The Labute approximate surface area is 370 Å². The molecule has 1 saturated heterocycles. The van der Waals surface area contributed by atoms with Crippen LogP contribution in [0.5, 0.6) is 11.5 Å². The molecule has 2 aromatic carbocycles. The number of rotatable bonds is 11. The van der Waals surface area contributed by atoms with Crippen LogP contribution in [-0.2, 0) is 51.1 Å². The molecule has 4 heterocycles. The maximum absolute atomic E-state index is 13.3. The first kappa shape index (κ1) is 47.0. The first-order valence-electron chi connectivity index (χ1n) is 21.3. The quantitative estimate of drug-likeness (QED) is 0.0560. The number of imide groups is 1. The Hall–Kier alpha value is -6.53. The van der Waals surface area contributed by atoms with Gasteiger partial charge in [0.05, 0.1) is 11.8 Å². The Bertz CT molecular complexity index is 2290. The lowest BCUT2D eigenvalue weighted by molar-refractivity contribution is -0.137. The van der Waals surface area contributed by atoms with Gasteiger partial charge >= 0.3 is 6.09 Å². The number of fused-ring (bicyclic) bond motifs is 5. The molecule has 0 aromatic heterocycles. The monoisotopic (exact) mass is 884 g/mol. The highest BCUT2D eigenvalue weighted by Gasteiger charge is 2.41. The van der Waals surface area contributed by atoms with Gasteiger partial charge in [0.1, 0.15) is 41.2 Å². The van der Waals surface area contributed by atoms with E-state index in [0.29, 0.717) is 53.8 Å². The molecule has 4 aliphatic rings. The molecule has 7 unspecified atom stereocenters. The van der Waals surface area contributed by atoms with Crippen LogP contribution in [-0.4, -0.2) is 102 Å². The van der Waals surface area contributed by atoms with E-state index in [1.165, 1.54) is 24.2 Å². The zero-order valence-electron chi connectivity index (χ0n) is 36.6. The molecule has 18 nitrogen and oxygen atoms in total. The summed E-state index contributed by atoms with van der Waals surface area (Å²) in [5, 5.41) is 30.8. The molecule has 7 atom stereocenters. The number of allylic oxidation sites excluding steroid dienone is 2. The van der Waals surface area contributed by atoms with Crippen LogP contribution in [0.3, 0.4) is 0 Å². The summed E-state index contributed by atoms with van der Waals surface area (Å²) in [5.74, 6) is -2.58. The van der Waals surface area contributed by atoms with Gasteiger partial charge in [-0.2, -0.15) is 0 Å². The summed E-state index contributed by atoms with van der Waals surface area (Å²) < 4.78 is 23.4. The van der Waals surface area contributed by atoms with Crippen LogP contribution in [0.2, 0.25) is 0 Å². The van der Waals surface area contributed by atoms with Crippen LogP contribution in [0.4, 0.5) is 21.9 Å². The number of amides is 6. The third-order valence-corrected chi connectivity index (χ3v) is 11.8. The van der Waals surface area contributed by atoms with Crippen molar-refractivity contribution in [2.45, 2.75) is 109 Å². The number of nitrogens with one attached hydrogen (secondary N) is 3. The number of primary amides is 1. The number of phenols is 2. The minimum absolute atomic E-state index is 0.0146. The minimum Gasteiger partial charge on any atom is -0.506 e. The standard InChI is InChI=1S/C46H56N6O12/c1-24-19-28-39(48-18-8-6-7-15-37(54)49-30-13-10-12-27-29(30)23-52(45(27)59)32-16-17-38(55)51-44(32)58)33(53)22-31(40(28)56)50-43(57)25(2)11-9-14-34(61-4)42(64-46(47)60)36-21-26(3)41(63-36)35(20-24)62-5/h9-14,18,21-22,24,26,32,34-35,41-42,53,56H,6-8,15-17,19-20,23H2,1-5H3,(H2,47,60)(H,49,54)(H,50,57)(H,51,55,58)/b14-9?,25-11+,48-18?. The van der Waals surface area contributed by atoms with E-state index in [1.54, 1.807) is 50.6 Å². The van der Waals surface area contributed by atoms with Crippen molar-refractivity contribution in [2.75, 3.05) is 24.9 Å². The molecule has 0 radical (unpaired) electrons. The van der Waals surface area contributed by atoms with Crippen molar-refractivity contribution in [3.05, 3.63) is 76.6 Å². The molecule has 342 valence electrons. The van der Waals surface area contributed by atoms with Crippen LogP contribution in [0.25, 0.3) is 0 Å². The van der Waals surface area contributed by atoms with Gasteiger partial charge in [0.15, 0.2) is 6.10 Å². The number of unbranched alkanes of at least 4 members (excludes halogenated alkanes) is 2. The summed E-state index contributed by atoms with van der Waals surface area (Å²) in [6.07, 6.45) is 6.95. The topological polar surface area (TPSA) is 258 Å². The molecule has 2 aromatic rings. The Balaban J connectivity index is 1.14. The smallest absolute Gasteiger partial charge is 0.405 e. The SMILES string of the molecule is COC1C=C/C=C(\C)C(=O)Nc2cc(O)c(N=CCCCCC(=O)Nc3cccc4c3CN(C3CCC(=O)NC3=O)C4=O)c(c2O)CC(C)CC(OC)C2OC(=CC2C)C1OC(N)=O. The van der Waals surface area contributed by atoms with Gasteiger partial charge in [0, 0.05) is 79.8 Å². The van der Waals surface area contributed by atoms with Crippen LogP contribution >= 0.6 is 0 Å². The molecule has 18 heteroatoms. The lowest BCUT2D eigenvalue weighted by atomic mass is 9.89. The lowest BCUT2D eigenvalue weighted by Crippen LogP contribution is -2.52. The Morgan fingerprint density at radius 1 is 1.08 bits per heavy atom. The van der Waals surface area contributed by atoms with Gasteiger partial charge in [-0.3, -0.25) is 34.3 Å². The van der Waals surface area contributed by atoms with E-state index in [2.05, 4.69) is 20.9 Å². The molecule has 6 amide bonds. The van der Waals surface area contributed by atoms with E-state index >= 15 is 0 Å². The number of anilines is 2. The number of piperidine rings is 1. The molecule has 0 aliphatic carbocycles.